The topological polar surface area (TPSA) is 75.6 Å². The second kappa shape index (κ2) is 6.68. The van der Waals surface area contributed by atoms with E-state index < -0.39 is 10.0 Å². The molecular formula is C14H13ClN2O3S2. The molecule has 5 nitrogen and oxygen atoms in total. The highest BCUT2D eigenvalue weighted by atomic mass is 35.5. The molecule has 0 heterocycles. The maximum atomic E-state index is 12.5. The fraction of sp³-hybridized carbons (Fsp3) is 0.143. The van der Waals surface area contributed by atoms with Gasteiger partial charge in [0.25, 0.3) is 10.0 Å². The summed E-state index contributed by atoms with van der Waals surface area (Å²) in [7, 11) is -3.83. The van der Waals surface area contributed by atoms with Crippen molar-refractivity contribution in [2.75, 3.05) is 11.0 Å². The van der Waals surface area contributed by atoms with Crippen LogP contribution in [0.2, 0.25) is 5.02 Å². The van der Waals surface area contributed by atoms with Gasteiger partial charge in [-0.05, 0) is 54.3 Å². The van der Waals surface area contributed by atoms with E-state index in [4.69, 9.17) is 11.6 Å². The number of nitroso groups, excluding NO2 is 1. The summed E-state index contributed by atoms with van der Waals surface area (Å²) in [5.41, 5.74) is 1.10. The zero-order valence-corrected chi connectivity index (χ0v) is 14.2. The molecule has 0 bridgehead atoms. The zero-order chi connectivity index (χ0) is 16.3. The van der Waals surface area contributed by atoms with Crippen LogP contribution < -0.4 is 4.72 Å². The third-order valence-electron chi connectivity index (χ3n) is 3.00. The van der Waals surface area contributed by atoms with Crippen LogP contribution in [0.4, 0.5) is 11.4 Å². The number of benzene rings is 2. The number of nitrogens with one attached hydrogen (secondary N) is 1. The monoisotopic (exact) mass is 356 g/mol. The van der Waals surface area contributed by atoms with Gasteiger partial charge in [-0.25, -0.2) is 8.42 Å². The van der Waals surface area contributed by atoms with Gasteiger partial charge in [0.2, 0.25) is 0 Å². The fourth-order valence-corrected chi connectivity index (χ4v) is 3.68. The van der Waals surface area contributed by atoms with Crippen LogP contribution in [0.5, 0.6) is 0 Å². The highest BCUT2D eigenvalue weighted by molar-refractivity contribution is 7.99. The van der Waals surface area contributed by atoms with Crippen LogP contribution in [0.25, 0.3) is 0 Å². The molecule has 2 aromatic carbocycles. The van der Waals surface area contributed by atoms with Crippen LogP contribution in [0.1, 0.15) is 5.56 Å². The molecule has 2 rings (SSSR count). The first-order valence-electron chi connectivity index (χ1n) is 6.18. The Morgan fingerprint density at radius 2 is 1.91 bits per heavy atom. The Hall–Kier alpha value is -1.57. The lowest BCUT2D eigenvalue weighted by Crippen LogP contribution is -2.13. The first-order chi connectivity index (χ1) is 10.4. The van der Waals surface area contributed by atoms with Crippen molar-refractivity contribution in [3.05, 3.63) is 51.9 Å². The van der Waals surface area contributed by atoms with Crippen molar-refractivity contribution in [2.45, 2.75) is 16.7 Å². The summed E-state index contributed by atoms with van der Waals surface area (Å²) >= 11 is 7.31. The molecule has 0 spiro atoms. The average Bonchev–Trinajstić information content (AvgIpc) is 2.47. The van der Waals surface area contributed by atoms with E-state index >= 15 is 0 Å². The smallest absolute Gasteiger partial charge is 0.262 e. The van der Waals surface area contributed by atoms with E-state index in [1.165, 1.54) is 30.0 Å². The number of aryl methyl sites for hydroxylation is 1. The van der Waals surface area contributed by atoms with Crippen LogP contribution in [0.3, 0.4) is 0 Å². The average molecular weight is 357 g/mol. The van der Waals surface area contributed by atoms with E-state index in [9.17, 15) is 13.3 Å². The lowest BCUT2D eigenvalue weighted by molar-refractivity contribution is 0.601. The number of hydrogen-bond donors (Lipinski definition) is 1. The first kappa shape index (κ1) is 16.8. The van der Waals surface area contributed by atoms with E-state index in [0.717, 1.165) is 4.90 Å². The SMILES string of the molecule is CSc1ccc(Cl)cc1NS(=O)(=O)c1ccc(C)c(N=O)c1. The molecule has 22 heavy (non-hydrogen) atoms. The molecule has 0 aliphatic heterocycles. The molecule has 0 aromatic heterocycles. The van der Waals surface area contributed by atoms with Gasteiger partial charge >= 0.3 is 0 Å². The minimum absolute atomic E-state index is 0.0280. The Balaban J connectivity index is 2.44. The van der Waals surface area contributed by atoms with Gasteiger partial charge in [0.15, 0.2) is 0 Å². The standard InChI is InChI=1S/C14H13ClN2O3S2/c1-9-3-5-11(8-12(9)16-18)22(19,20)17-13-7-10(15)4-6-14(13)21-2/h3-8,17H,1-2H3. The van der Waals surface area contributed by atoms with Crippen molar-refractivity contribution >= 4 is 44.8 Å². The predicted molar refractivity (Wildman–Crippen MR) is 90.7 cm³/mol. The molecular weight excluding hydrogens is 344 g/mol. The molecule has 116 valence electrons. The number of rotatable bonds is 5. The number of thioether (sulfide) groups is 1. The summed E-state index contributed by atoms with van der Waals surface area (Å²) in [5.74, 6) is 0. The molecule has 0 fully saturated rings. The van der Waals surface area contributed by atoms with Crippen molar-refractivity contribution in [1.82, 2.24) is 0 Å². The Morgan fingerprint density at radius 3 is 2.55 bits per heavy atom. The Morgan fingerprint density at radius 1 is 1.18 bits per heavy atom. The largest absolute Gasteiger partial charge is 0.278 e. The van der Waals surface area contributed by atoms with Gasteiger partial charge in [-0.1, -0.05) is 17.7 Å². The minimum Gasteiger partial charge on any atom is -0.278 e. The second-order valence-corrected chi connectivity index (χ2v) is 7.46. The predicted octanol–water partition coefficient (Wildman–Crippen LogP) is 4.57. The lowest BCUT2D eigenvalue weighted by atomic mass is 10.2. The summed E-state index contributed by atoms with van der Waals surface area (Å²) in [6.45, 7) is 1.68. The van der Waals surface area contributed by atoms with Gasteiger partial charge in [-0.2, -0.15) is 0 Å². The van der Waals surface area contributed by atoms with Crippen molar-refractivity contribution in [2.24, 2.45) is 5.18 Å². The van der Waals surface area contributed by atoms with Gasteiger partial charge in [0, 0.05) is 9.92 Å². The summed E-state index contributed by atoms with van der Waals surface area (Å²) in [6.07, 6.45) is 1.83. The van der Waals surface area contributed by atoms with E-state index in [0.29, 0.717) is 16.3 Å². The van der Waals surface area contributed by atoms with E-state index in [1.807, 2.05) is 6.26 Å². The first-order valence-corrected chi connectivity index (χ1v) is 9.26. The van der Waals surface area contributed by atoms with Gasteiger partial charge in [-0.3, -0.25) is 4.72 Å². The maximum absolute atomic E-state index is 12.5. The molecule has 0 radical (unpaired) electrons. The Bertz CT molecular complexity index is 823. The molecule has 0 atom stereocenters. The highest BCUT2D eigenvalue weighted by Crippen LogP contribution is 2.31. The van der Waals surface area contributed by atoms with Crippen LogP contribution in [-0.2, 0) is 10.0 Å². The number of anilines is 1. The molecule has 0 aliphatic rings. The second-order valence-electron chi connectivity index (χ2n) is 4.49. The zero-order valence-electron chi connectivity index (χ0n) is 11.8. The third kappa shape index (κ3) is 3.60. The molecule has 8 heteroatoms. The van der Waals surface area contributed by atoms with Crippen molar-refractivity contribution in [3.63, 3.8) is 0 Å². The van der Waals surface area contributed by atoms with Crippen molar-refractivity contribution < 1.29 is 8.42 Å². The van der Waals surface area contributed by atoms with Gasteiger partial charge in [0.05, 0.1) is 10.6 Å². The molecule has 0 saturated carbocycles. The third-order valence-corrected chi connectivity index (χ3v) is 5.39. The summed E-state index contributed by atoms with van der Waals surface area (Å²) in [4.78, 5) is 11.4. The quantitative estimate of drug-likeness (QED) is 0.629. The van der Waals surface area contributed by atoms with Gasteiger partial charge < -0.3 is 0 Å². The Labute approximate surface area is 138 Å². The van der Waals surface area contributed by atoms with Crippen molar-refractivity contribution in [1.29, 1.82) is 0 Å². The number of halogens is 1. The maximum Gasteiger partial charge on any atom is 0.262 e. The highest BCUT2D eigenvalue weighted by Gasteiger charge is 2.17. The van der Waals surface area contributed by atoms with Gasteiger partial charge in [-0.15, -0.1) is 16.7 Å². The minimum atomic E-state index is -3.83. The van der Waals surface area contributed by atoms with Crippen LogP contribution in [0, 0.1) is 11.8 Å². The molecule has 1 N–H and O–H groups in total. The number of hydrogen-bond acceptors (Lipinski definition) is 5. The van der Waals surface area contributed by atoms with E-state index in [1.54, 1.807) is 25.1 Å². The Kier molecular flexibility index (Phi) is 5.10. The van der Waals surface area contributed by atoms with Crippen molar-refractivity contribution in [3.8, 4) is 0 Å². The number of sulfonamides is 1. The summed E-state index contributed by atoms with van der Waals surface area (Å²) < 4.78 is 27.4. The lowest BCUT2D eigenvalue weighted by Gasteiger charge is -2.12. The molecule has 0 saturated heterocycles. The molecule has 0 unspecified atom stereocenters. The van der Waals surface area contributed by atoms with Crippen LogP contribution in [0.15, 0.2) is 51.4 Å². The van der Waals surface area contributed by atoms with Gasteiger partial charge in [0.1, 0.15) is 5.69 Å². The number of nitrogens with zero attached hydrogens (tertiary/aromatic N) is 1. The van der Waals surface area contributed by atoms with Crippen LogP contribution in [-0.4, -0.2) is 14.7 Å². The van der Waals surface area contributed by atoms with E-state index in [2.05, 4.69) is 9.90 Å². The van der Waals surface area contributed by atoms with E-state index in [-0.39, 0.29) is 10.6 Å². The molecule has 2 aromatic rings. The molecule has 0 aliphatic carbocycles. The summed E-state index contributed by atoms with van der Waals surface area (Å²) in [6, 6.07) is 9.17. The molecule has 0 amide bonds. The fourth-order valence-electron chi connectivity index (χ4n) is 1.82. The normalized spacial score (nSPS) is 11.2. The summed E-state index contributed by atoms with van der Waals surface area (Å²) in [5, 5.41) is 3.26. The van der Waals surface area contributed by atoms with Crippen LogP contribution >= 0.6 is 23.4 Å².